The Morgan fingerprint density at radius 2 is 2.17 bits per heavy atom. The molecule has 0 bridgehead atoms. The minimum absolute atomic E-state index is 0.446. The third kappa shape index (κ3) is 1.54. The number of hydrogen-bond acceptors (Lipinski definition) is 2. The summed E-state index contributed by atoms with van der Waals surface area (Å²) >= 11 is 3.24. The monoisotopic (exact) mass is 232 g/mol. The predicted octanol–water partition coefficient (Wildman–Crippen LogP) is 1.47. The largest absolute Gasteiger partial charge is 0.387 e. The molecule has 0 saturated heterocycles. The molecule has 3 nitrogen and oxygen atoms in total. The first-order chi connectivity index (χ1) is 5.57. The van der Waals surface area contributed by atoms with Crippen LogP contribution in [0.15, 0.2) is 0 Å². The first-order valence-corrected chi connectivity index (χ1v) is 4.94. The highest BCUT2D eigenvalue weighted by Gasteiger charge is 2.16. The van der Waals surface area contributed by atoms with Crippen LogP contribution in [0.2, 0.25) is 0 Å². The third-order valence-corrected chi connectivity index (χ3v) is 2.66. The van der Waals surface area contributed by atoms with E-state index in [1.165, 1.54) is 0 Å². The number of halogens is 1. The molecule has 0 aliphatic heterocycles. The number of aliphatic hydroxyl groups excluding tert-OH is 1. The number of hydrogen-bond donors (Lipinski definition) is 1. The smallest absolute Gasteiger partial charge is 0.0922 e. The summed E-state index contributed by atoms with van der Waals surface area (Å²) in [5.41, 5.74) is 2.87. The van der Waals surface area contributed by atoms with Gasteiger partial charge in [0.05, 0.1) is 11.8 Å². The van der Waals surface area contributed by atoms with Crippen LogP contribution in [0.5, 0.6) is 0 Å². The number of aryl methyl sites for hydroxylation is 2. The van der Waals surface area contributed by atoms with Crippen molar-refractivity contribution in [3.05, 3.63) is 17.0 Å². The molecular weight excluding hydrogens is 220 g/mol. The molecule has 0 saturated carbocycles. The molecule has 0 unspecified atom stereocenters. The molecular formula is C8H13BrN2O. The molecule has 1 atom stereocenters. The van der Waals surface area contributed by atoms with Crippen LogP contribution in [0.1, 0.15) is 23.1 Å². The maximum atomic E-state index is 9.60. The van der Waals surface area contributed by atoms with Crippen molar-refractivity contribution in [2.24, 2.45) is 7.05 Å². The number of rotatable bonds is 2. The van der Waals surface area contributed by atoms with Crippen LogP contribution in [0.4, 0.5) is 0 Å². The Hall–Kier alpha value is -0.350. The molecule has 1 heterocycles. The average Bonchev–Trinajstić information content (AvgIpc) is 2.26. The highest BCUT2D eigenvalue weighted by molar-refractivity contribution is 9.09. The minimum atomic E-state index is -0.446. The highest BCUT2D eigenvalue weighted by Crippen LogP contribution is 2.21. The van der Waals surface area contributed by atoms with Crippen molar-refractivity contribution in [1.29, 1.82) is 0 Å². The predicted molar refractivity (Wildman–Crippen MR) is 51.4 cm³/mol. The standard InChI is InChI=1S/C8H13BrN2O/c1-5-8(7(12)4-9)6(2)11(3)10-5/h7,12H,4H2,1-3H3/t7-/m1/s1. The van der Waals surface area contributed by atoms with E-state index in [9.17, 15) is 5.11 Å². The molecule has 1 aromatic rings. The van der Waals surface area contributed by atoms with Crippen molar-refractivity contribution in [1.82, 2.24) is 9.78 Å². The van der Waals surface area contributed by atoms with E-state index in [2.05, 4.69) is 21.0 Å². The Labute approximate surface area is 80.5 Å². The van der Waals surface area contributed by atoms with Gasteiger partial charge in [0.25, 0.3) is 0 Å². The first-order valence-electron chi connectivity index (χ1n) is 3.82. The molecule has 0 amide bonds. The van der Waals surface area contributed by atoms with Crippen molar-refractivity contribution in [2.45, 2.75) is 20.0 Å². The summed E-state index contributed by atoms with van der Waals surface area (Å²) in [5, 5.41) is 14.4. The van der Waals surface area contributed by atoms with Crippen LogP contribution in [0.25, 0.3) is 0 Å². The minimum Gasteiger partial charge on any atom is -0.387 e. The zero-order valence-electron chi connectivity index (χ0n) is 7.50. The molecule has 0 radical (unpaired) electrons. The lowest BCUT2D eigenvalue weighted by molar-refractivity contribution is 0.204. The summed E-state index contributed by atoms with van der Waals surface area (Å²) in [5.74, 6) is 0. The second-order valence-corrected chi connectivity index (χ2v) is 3.53. The zero-order chi connectivity index (χ0) is 9.30. The summed E-state index contributed by atoms with van der Waals surface area (Å²) in [7, 11) is 1.88. The van der Waals surface area contributed by atoms with Gasteiger partial charge >= 0.3 is 0 Å². The molecule has 12 heavy (non-hydrogen) atoms. The molecule has 1 aromatic heterocycles. The number of alkyl halides is 1. The highest BCUT2D eigenvalue weighted by atomic mass is 79.9. The molecule has 1 N–H and O–H groups in total. The van der Waals surface area contributed by atoms with Gasteiger partial charge < -0.3 is 5.11 Å². The van der Waals surface area contributed by atoms with Gasteiger partial charge in [0.2, 0.25) is 0 Å². The number of aromatic nitrogens is 2. The maximum absolute atomic E-state index is 9.60. The summed E-state index contributed by atoms with van der Waals surface area (Å²) < 4.78 is 1.79. The quantitative estimate of drug-likeness (QED) is 0.785. The van der Waals surface area contributed by atoms with Crippen LogP contribution in [-0.2, 0) is 7.05 Å². The fraction of sp³-hybridized carbons (Fsp3) is 0.625. The molecule has 0 fully saturated rings. The third-order valence-electron chi connectivity index (χ3n) is 2.04. The fourth-order valence-electron chi connectivity index (χ4n) is 1.35. The Bertz CT molecular complexity index is 283. The lowest BCUT2D eigenvalue weighted by atomic mass is 10.1. The van der Waals surface area contributed by atoms with Gasteiger partial charge in [-0.2, -0.15) is 5.10 Å². The molecule has 68 valence electrons. The van der Waals surface area contributed by atoms with E-state index in [1.54, 1.807) is 4.68 Å². The van der Waals surface area contributed by atoms with Gasteiger partial charge in [-0.05, 0) is 13.8 Å². The summed E-state index contributed by atoms with van der Waals surface area (Å²) in [6.07, 6.45) is -0.446. The lowest BCUT2D eigenvalue weighted by Crippen LogP contribution is -2.01. The Morgan fingerprint density at radius 1 is 1.58 bits per heavy atom. The number of aliphatic hydroxyl groups is 1. The average molecular weight is 233 g/mol. The lowest BCUT2D eigenvalue weighted by Gasteiger charge is -2.06. The second-order valence-electron chi connectivity index (χ2n) is 2.88. The van der Waals surface area contributed by atoms with Gasteiger partial charge in [0.1, 0.15) is 0 Å². The van der Waals surface area contributed by atoms with Gasteiger partial charge in [-0.25, -0.2) is 0 Å². The normalized spacial score (nSPS) is 13.4. The zero-order valence-corrected chi connectivity index (χ0v) is 9.09. The van der Waals surface area contributed by atoms with Crippen LogP contribution in [0, 0.1) is 13.8 Å². The SMILES string of the molecule is Cc1nn(C)c(C)c1[C@H](O)CBr. The fourth-order valence-corrected chi connectivity index (χ4v) is 1.67. The van der Waals surface area contributed by atoms with Gasteiger partial charge in [0, 0.05) is 23.6 Å². The molecule has 0 aromatic carbocycles. The van der Waals surface area contributed by atoms with Gasteiger partial charge in [-0.3, -0.25) is 4.68 Å². The molecule has 0 aliphatic rings. The van der Waals surface area contributed by atoms with E-state index in [0.717, 1.165) is 17.0 Å². The molecule has 4 heteroatoms. The van der Waals surface area contributed by atoms with E-state index < -0.39 is 6.10 Å². The van der Waals surface area contributed by atoms with E-state index in [4.69, 9.17) is 0 Å². The Morgan fingerprint density at radius 3 is 2.50 bits per heavy atom. The molecule has 1 rings (SSSR count). The summed E-state index contributed by atoms with van der Waals surface area (Å²) in [4.78, 5) is 0. The van der Waals surface area contributed by atoms with Crippen LogP contribution < -0.4 is 0 Å². The van der Waals surface area contributed by atoms with Crippen molar-refractivity contribution in [3.8, 4) is 0 Å². The van der Waals surface area contributed by atoms with Gasteiger partial charge in [-0.15, -0.1) is 0 Å². The van der Waals surface area contributed by atoms with E-state index in [1.807, 2.05) is 20.9 Å². The van der Waals surface area contributed by atoms with Gasteiger partial charge in [0.15, 0.2) is 0 Å². The van der Waals surface area contributed by atoms with Crippen molar-refractivity contribution < 1.29 is 5.11 Å². The van der Waals surface area contributed by atoms with E-state index >= 15 is 0 Å². The van der Waals surface area contributed by atoms with Crippen molar-refractivity contribution in [3.63, 3.8) is 0 Å². The Balaban J connectivity index is 3.13. The van der Waals surface area contributed by atoms with Crippen LogP contribution in [0.3, 0.4) is 0 Å². The van der Waals surface area contributed by atoms with E-state index in [-0.39, 0.29) is 0 Å². The first kappa shape index (κ1) is 9.74. The second kappa shape index (κ2) is 3.58. The molecule has 0 spiro atoms. The maximum Gasteiger partial charge on any atom is 0.0922 e. The summed E-state index contributed by atoms with van der Waals surface area (Å²) in [6, 6.07) is 0. The van der Waals surface area contributed by atoms with Gasteiger partial charge in [-0.1, -0.05) is 15.9 Å². The van der Waals surface area contributed by atoms with Crippen LogP contribution in [-0.4, -0.2) is 20.2 Å². The number of nitrogens with zero attached hydrogens (tertiary/aromatic N) is 2. The Kier molecular flexibility index (Phi) is 2.90. The van der Waals surface area contributed by atoms with Crippen molar-refractivity contribution >= 4 is 15.9 Å². The topological polar surface area (TPSA) is 38.0 Å². The van der Waals surface area contributed by atoms with Crippen LogP contribution >= 0.6 is 15.9 Å². The summed E-state index contributed by atoms with van der Waals surface area (Å²) in [6.45, 7) is 3.87. The van der Waals surface area contributed by atoms with E-state index in [0.29, 0.717) is 5.33 Å². The molecule has 0 aliphatic carbocycles. The van der Waals surface area contributed by atoms with Crippen molar-refractivity contribution in [2.75, 3.05) is 5.33 Å².